The molecule has 49 heavy (non-hydrogen) atoms. The third kappa shape index (κ3) is 9.77. The van der Waals surface area contributed by atoms with E-state index in [0.29, 0.717) is 35.5 Å². The van der Waals surface area contributed by atoms with Crippen molar-refractivity contribution in [2.24, 2.45) is 0 Å². The zero-order chi connectivity index (χ0) is 35.7. The number of fused-ring (bicyclic) bond motifs is 2. The van der Waals surface area contributed by atoms with E-state index in [9.17, 15) is 23.2 Å². The van der Waals surface area contributed by atoms with Gasteiger partial charge in [-0.1, -0.05) is 39.1 Å². The number of anilines is 2. The first kappa shape index (κ1) is 37.3. The van der Waals surface area contributed by atoms with Crippen LogP contribution in [0, 0.1) is 11.6 Å². The van der Waals surface area contributed by atoms with Gasteiger partial charge in [-0.15, -0.1) is 0 Å². The smallest absolute Gasteiger partial charge is 0.315 e. The minimum absolute atomic E-state index is 0.0393. The van der Waals surface area contributed by atoms with Gasteiger partial charge in [-0.3, -0.25) is 14.8 Å². The zero-order valence-corrected chi connectivity index (χ0v) is 29.4. The number of nitrogens with one attached hydrogen (secondary N) is 5. The summed E-state index contributed by atoms with van der Waals surface area (Å²) < 4.78 is 26.6. The number of carbonyl (C=O) groups is 3. The number of rotatable bonds is 4. The highest BCUT2D eigenvalue weighted by molar-refractivity contribution is 9.10. The monoisotopic (exact) mass is 776 g/mol. The fraction of sp³-hybridized carbons (Fsp3) is 0.242. The Kier molecular flexibility index (Phi) is 13.1. The molecule has 0 bridgehead atoms. The lowest BCUT2D eigenvalue weighted by Gasteiger charge is -2.13. The molecule has 16 heteroatoms. The van der Waals surface area contributed by atoms with Gasteiger partial charge in [0.05, 0.1) is 33.5 Å². The van der Waals surface area contributed by atoms with Crippen LogP contribution >= 0.6 is 39.1 Å². The zero-order valence-electron chi connectivity index (χ0n) is 26.3. The Bertz CT molecular complexity index is 1850. The number of benzene rings is 2. The lowest BCUT2D eigenvalue weighted by Crippen LogP contribution is -2.35. The topological polar surface area (TPSA) is 163 Å². The lowest BCUT2D eigenvalue weighted by atomic mass is 10.1. The quantitative estimate of drug-likeness (QED) is 0.124. The first-order chi connectivity index (χ1) is 23.4. The predicted octanol–water partition coefficient (Wildman–Crippen LogP) is 6.86. The van der Waals surface area contributed by atoms with Crippen molar-refractivity contribution in [1.29, 1.82) is 0 Å². The van der Waals surface area contributed by atoms with Crippen LogP contribution in [-0.4, -0.2) is 42.0 Å². The summed E-state index contributed by atoms with van der Waals surface area (Å²) in [7, 11) is 3.15. The second-order valence-electron chi connectivity index (χ2n) is 10.8. The van der Waals surface area contributed by atoms with Crippen molar-refractivity contribution in [3.8, 4) is 0 Å². The third-order valence-corrected chi connectivity index (χ3v) is 8.90. The molecule has 0 fully saturated rings. The molecular weight excluding hydrogens is 745 g/mol. The molecule has 2 aromatic carbocycles. The van der Waals surface area contributed by atoms with E-state index in [2.05, 4.69) is 52.5 Å². The SMILES string of the molecule is CNC(=O)NC1CCc2c(Br)ccnc21.CNC(=O)NC1CCc2c(C(=O)Nc3ccc(F)c(Cl)c3)ccnc21.Nc1ccc(F)c(Cl)c1. The van der Waals surface area contributed by atoms with Gasteiger partial charge in [-0.05, 0) is 85.3 Å². The summed E-state index contributed by atoms with van der Waals surface area (Å²) in [5.74, 6) is -1.32. The van der Waals surface area contributed by atoms with Crippen molar-refractivity contribution in [1.82, 2.24) is 31.2 Å². The molecule has 0 spiro atoms. The highest BCUT2D eigenvalue weighted by Crippen LogP contribution is 2.34. The largest absolute Gasteiger partial charge is 0.399 e. The number of pyridine rings is 2. The summed E-state index contributed by atoms with van der Waals surface area (Å²) in [6.07, 6.45) is 6.46. The maximum atomic E-state index is 13.2. The van der Waals surface area contributed by atoms with Gasteiger partial charge in [0.1, 0.15) is 11.6 Å². The number of nitrogens with zero attached hydrogens (tertiary/aromatic N) is 2. The average Bonchev–Trinajstić information content (AvgIpc) is 3.69. The van der Waals surface area contributed by atoms with E-state index < -0.39 is 11.6 Å². The Hall–Kier alpha value is -4.53. The molecule has 0 saturated carbocycles. The van der Waals surface area contributed by atoms with Crippen LogP contribution in [0.1, 0.15) is 57.8 Å². The average molecular weight is 778 g/mol. The summed E-state index contributed by atoms with van der Waals surface area (Å²) in [4.78, 5) is 43.9. The minimum atomic E-state index is -0.549. The first-order valence-corrected chi connectivity index (χ1v) is 16.5. The van der Waals surface area contributed by atoms with E-state index in [4.69, 9.17) is 28.9 Å². The molecule has 2 atom stereocenters. The summed E-state index contributed by atoms with van der Waals surface area (Å²) in [5.41, 5.74) is 10.3. The van der Waals surface area contributed by atoms with Crippen molar-refractivity contribution < 1.29 is 23.2 Å². The molecule has 11 nitrogen and oxygen atoms in total. The molecule has 2 aliphatic rings. The van der Waals surface area contributed by atoms with Crippen molar-refractivity contribution >= 4 is 68.5 Å². The molecule has 2 heterocycles. The minimum Gasteiger partial charge on any atom is -0.399 e. The molecule has 0 saturated heterocycles. The standard InChI is InChI=1S/C17H16ClFN4O2.C10H12BrN3O.C6H5ClFN/c1-20-17(25)23-14-5-3-10-11(6-7-21-15(10)14)16(24)22-9-2-4-13(19)12(18)8-9;1-12-10(15)14-8-3-2-6-7(11)4-5-13-9(6)8;7-5-3-4(9)1-2-6(5)8/h2,4,6-8,14H,3,5H2,1H3,(H,22,24)(H2,20,23,25);4-5,8H,2-3H2,1H3,(H2,12,14,15);1-3H,9H2. The molecule has 6 rings (SSSR count). The Morgan fingerprint density at radius 3 is 1.88 bits per heavy atom. The maximum Gasteiger partial charge on any atom is 0.315 e. The predicted molar refractivity (Wildman–Crippen MR) is 189 cm³/mol. The van der Waals surface area contributed by atoms with Crippen LogP contribution in [0.5, 0.6) is 0 Å². The van der Waals surface area contributed by atoms with Crippen LogP contribution in [-0.2, 0) is 12.8 Å². The normalized spacial score (nSPS) is 15.2. The van der Waals surface area contributed by atoms with Crippen LogP contribution in [0.15, 0.2) is 65.4 Å². The van der Waals surface area contributed by atoms with E-state index in [1.165, 1.54) is 55.2 Å². The number of carbonyl (C=O) groups excluding carboxylic acids is 3. The summed E-state index contributed by atoms with van der Waals surface area (Å²) in [6, 6.07) is 11.0. The van der Waals surface area contributed by atoms with Gasteiger partial charge < -0.3 is 32.3 Å². The lowest BCUT2D eigenvalue weighted by molar-refractivity contribution is 0.102. The highest BCUT2D eigenvalue weighted by Gasteiger charge is 2.29. The number of halogens is 5. The van der Waals surface area contributed by atoms with Crippen molar-refractivity contribution in [2.45, 2.75) is 37.8 Å². The second-order valence-corrected chi connectivity index (χ2v) is 12.4. The molecule has 2 aromatic heterocycles. The van der Waals surface area contributed by atoms with Gasteiger partial charge in [0, 0.05) is 47.9 Å². The highest BCUT2D eigenvalue weighted by atomic mass is 79.9. The molecule has 2 unspecified atom stereocenters. The van der Waals surface area contributed by atoms with Crippen LogP contribution in [0.2, 0.25) is 10.0 Å². The van der Waals surface area contributed by atoms with Gasteiger partial charge in [0.25, 0.3) is 5.91 Å². The van der Waals surface area contributed by atoms with E-state index in [1.54, 1.807) is 19.3 Å². The van der Waals surface area contributed by atoms with Gasteiger partial charge >= 0.3 is 12.1 Å². The number of urea groups is 2. The molecule has 0 radical (unpaired) electrons. The summed E-state index contributed by atoms with van der Waals surface area (Å²) in [5, 5.41) is 13.4. The van der Waals surface area contributed by atoms with Crippen LogP contribution < -0.4 is 32.3 Å². The number of amides is 5. The first-order valence-electron chi connectivity index (χ1n) is 15.0. The molecule has 4 aromatic rings. The van der Waals surface area contributed by atoms with Gasteiger partial charge in [0.2, 0.25) is 0 Å². The molecular formula is C33H33BrCl2F2N8O3. The number of hydrogen-bond acceptors (Lipinski definition) is 6. The molecule has 0 aliphatic heterocycles. The number of nitrogens with two attached hydrogens (primary N) is 1. The fourth-order valence-corrected chi connectivity index (χ4v) is 6.08. The van der Waals surface area contributed by atoms with Crippen molar-refractivity contribution in [2.75, 3.05) is 25.1 Å². The molecule has 258 valence electrons. The van der Waals surface area contributed by atoms with Crippen molar-refractivity contribution in [3.05, 3.63) is 115 Å². The Balaban J connectivity index is 0.000000189. The second kappa shape index (κ2) is 17.2. The van der Waals surface area contributed by atoms with E-state index in [0.717, 1.165) is 28.6 Å². The third-order valence-electron chi connectivity index (χ3n) is 7.58. The summed E-state index contributed by atoms with van der Waals surface area (Å²) >= 11 is 14.6. The molecule has 5 amide bonds. The van der Waals surface area contributed by atoms with Crippen LogP contribution in [0.3, 0.4) is 0 Å². The fourth-order valence-electron chi connectivity index (χ4n) is 5.19. The number of aromatic nitrogens is 2. The van der Waals surface area contributed by atoms with Crippen LogP contribution in [0.25, 0.3) is 0 Å². The van der Waals surface area contributed by atoms with E-state index in [-0.39, 0.29) is 40.1 Å². The Labute approximate surface area is 299 Å². The van der Waals surface area contributed by atoms with Crippen molar-refractivity contribution in [3.63, 3.8) is 0 Å². The Morgan fingerprint density at radius 1 is 0.796 bits per heavy atom. The summed E-state index contributed by atoms with van der Waals surface area (Å²) in [6.45, 7) is 0. The van der Waals surface area contributed by atoms with E-state index in [1.807, 2.05) is 6.07 Å². The van der Waals surface area contributed by atoms with E-state index >= 15 is 0 Å². The van der Waals surface area contributed by atoms with Gasteiger partial charge in [-0.25, -0.2) is 18.4 Å². The Morgan fingerprint density at radius 2 is 1.33 bits per heavy atom. The number of nitrogen functional groups attached to an aromatic ring is 1. The number of hydrogen-bond donors (Lipinski definition) is 6. The maximum absolute atomic E-state index is 13.2. The van der Waals surface area contributed by atoms with Gasteiger partial charge in [-0.2, -0.15) is 0 Å². The van der Waals surface area contributed by atoms with Crippen LogP contribution in [0.4, 0.5) is 29.7 Å². The molecule has 7 N–H and O–H groups in total. The molecule has 2 aliphatic carbocycles. The van der Waals surface area contributed by atoms with Gasteiger partial charge in [0.15, 0.2) is 0 Å².